The maximum Gasteiger partial charge on any atom is 0.133 e. The highest BCUT2D eigenvalue weighted by atomic mass is 32.2. The molecule has 1 fully saturated rings. The van der Waals surface area contributed by atoms with Crippen LogP contribution in [0.4, 0.5) is 5.69 Å². The number of pyridine rings is 1. The van der Waals surface area contributed by atoms with Gasteiger partial charge in [-0.3, -0.25) is 4.98 Å². The van der Waals surface area contributed by atoms with Crippen LogP contribution < -0.4 is 4.90 Å². The van der Waals surface area contributed by atoms with E-state index in [4.69, 9.17) is 15.0 Å². The van der Waals surface area contributed by atoms with Gasteiger partial charge >= 0.3 is 0 Å². The maximum atomic E-state index is 9.06. The molecule has 1 aliphatic heterocycles. The van der Waals surface area contributed by atoms with Gasteiger partial charge in [-0.1, -0.05) is 23.9 Å². The monoisotopic (exact) mass is 403 g/mol. The van der Waals surface area contributed by atoms with Crippen LogP contribution in [0.15, 0.2) is 58.8 Å². The molecule has 0 atom stereocenters. The number of rotatable bonds is 5. The summed E-state index contributed by atoms with van der Waals surface area (Å²) in [6.07, 6.45) is 5.84. The van der Waals surface area contributed by atoms with Crippen LogP contribution in [0.3, 0.4) is 0 Å². The summed E-state index contributed by atoms with van der Waals surface area (Å²) in [4.78, 5) is 16.6. The number of morpholine rings is 1. The quantitative estimate of drug-likeness (QED) is 0.602. The van der Waals surface area contributed by atoms with Crippen molar-refractivity contribution in [1.82, 2.24) is 15.0 Å². The lowest BCUT2D eigenvalue weighted by molar-refractivity contribution is 0.122. The van der Waals surface area contributed by atoms with Crippen molar-refractivity contribution in [2.45, 2.75) is 23.3 Å². The first-order valence-electron chi connectivity index (χ1n) is 9.48. The second-order valence-electron chi connectivity index (χ2n) is 6.84. The Morgan fingerprint density at radius 2 is 1.93 bits per heavy atom. The molecule has 0 aliphatic carbocycles. The number of hydrogen-bond donors (Lipinski definition) is 0. The number of aromatic nitrogens is 3. The van der Waals surface area contributed by atoms with Gasteiger partial charge < -0.3 is 9.64 Å². The Labute approximate surface area is 174 Å². The van der Waals surface area contributed by atoms with Gasteiger partial charge in [-0.2, -0.15) is 5.26 Å². The van der Waals surface area contributed by atoms with Crippen molar-refractivity contribution >= 4 is 17.4 Å². The van der Waals surface area contributed by atoms with E-state index in [2.05, 4.69) is 45.2 Å². The van der Waals surface area contributed by atoms with Gasteiger partial charge in [-0.15, -0.1) is 0 Å². The maximum absolute atomic E-state index is 9.06. The summed E-state index contributed by atoms with van der Waals surface area (Å²) in [7, 11) is 0. The lowest BCUT2D eigenvalue weighted by atomic mass is 10.1. The molecule has 4 rings (SSSR count). The van der Waals surface area contributed by atoms with Gasteiger partial charge in [0.15, 0.2) is 0 Å². The van der Waals surface area contributed by atoms with E-state index >= 15 is 0 Å². The third kappa shape index (κ3) is 4.91. The molecular weight excluding hydrogens is 382 g/mol. The van der Waals surface area contributed by atoms with Gasteiger partial charge in [0.2, 0.25) is 0 Å². The second-order valence-corrected chi connectivity index (χ2v) is 7.90. The topological polar surface area (TPSA) is 74.9 Å². The van der Waals surface area contributed by atoms with Gasteiger partial charge in [-0.25, -0.2) is 9.97 Å². The van der Waals surface area contributed by atoms with E-state index < -0.39 is 0 Å². The van der Waals surface area contributed by atoms with Crippen molar-refractivity contribution < 1.29 is 4.74 Å². The Bertz CT molecular complexity index is 1030. The molecule has 7 heteroatoms. The normalized spacial score (nSPS) is 13.9. The zero-order valence-electron chi connectivity index (χ0n) is 16.2. The Morgan fingerprint density at radius 1 is 1.14 bits per heavy atom. The standard InChI is InChI=1S/C22H21N5OS/c1-16-13-25-21(26-22(16)29-20-10-18(12-23)14-24-15-20)11-17-2-4-19(5-3-17)27-6-8-28-9-7-27/h2-5,10,13-15H,6-9,11H2,1H3. The lowest BCUT2D eigenvalue weighted by Gasteiger charge is -2.28. The van der Waals surface area contributed by atoms with Gasteiger partial charge in [0.05, 0.1) is 18.8 Å². The van der Waals surface area contributed by atoms with E-state index in [1.54, 1.807) is 12.4 Å². The molecule has 3 aromatic rings. The molecule has 0 radical (unpaired) electrons. The number of hydrogen-bond acceptors (Lipinski definition) is 7. The average Bonchev–Trinajstić information content (AvgIpc) is 2.77. The highest BCUT2D eigenvalue weighted by Crippen LogP contribution is 2.28. The number of benzene rings is 1. The molecule has 0 spiro atoms. The van der Waals surface area contributed by atoms with Crippen molar-refractivity contribution in [2.75, 3.05) is 31.2 Å². The highest BCUT2D eigenvalue weighted by molar-refractivity contribution is 7.99. The fraction of sp³-hybridized carbons (Fsp3) is 0.273. The number of nitriles is 1. The van der Waals surface area contributed by atoms with Crippen LogP contribution in [0.25, 0.3) is 0 Å². The highest BCUT2D eigenvalue weighted by Gasteiger charge is 2.12. The van der Waals surface area contributed by atoms with Crippen molar-refractivity contribution in [1.29, 1.82) is 5.26 Å². The fourth-order valence-corrected chi connectivity index (χ4v) is 4.01. The van der Waals surface area contributed by atoms with Crippen molar-refractivity contribution in [2.24, 2.45) is 0 Å². The first-order valence-corrected chi connectivity index (χ1v) is 10.3. The summed E-state index contributed by atoms with van der Waals surface area (Å²) in [6, 6.07) is 12.5. The Hall–Kier alpha value is -2.95. The summed E-state index contributed by atoms with van der Waals surface area (Å²) in [5, 5.41) is 9.95. The van der Waals surface area contributed by atoms with Gasteiger partial charge in [-0.05, 0) is 36.2 Å². The zero-order valence-corrected chi connectivity index (χ0v) is 17.0. The third-order valence-corrected chi connectivity index (χ3v) is 5.77. The van der Waals surface area contributed by atoms with Crippen LogP contribution in [0.5, 0.6) is 0 Å². The van der Waals surface area contributed by atoms with E-state index in [0.717, 1.165) is 47.6 Å². The SMILES string of the molecule is Cc1cnc(Cc2ccc(N3CCOCC3)cc2)nc1Sc1cncc(C#N)c1. The molecule has 0 unspecified atom stereocenters. The van der Waals surface area contributed by atoms with E-state index in [0.29, 0.717) is 12.0 Å². The van der Waals surface area contributed by atoms with Crippen molar-refractivity contribution in [3.05, 3.63) is 71.4 Å². The van der Waals surface area contributed by atoms with Gasteiger partial charge in [0, 0.05) is 48.7 Å². The van der Waals surface area contributed by atoms with Crippen molar-refractivity contribution in [3.8, 4) is 6.07 Å². The molecule has 29 heavy (non-hydrogen) atoms. The minimum atomic E-state index is 0.544. The Morgan fingerprint density at radius 3 is 2.69 bits per heavy atom. The van der Waals surface area contributed by atoms with Gasteiger partial charge in [0.1, 0.15) is 16.9 Å². The molecule has 0 N–H and O–H groups in total. The molecular formula is C22H21N5OS. The number of nitrogens with zero attached hydrogens (tertiary/aromatic N) is 5. The molecule has 1 aliphatic rings. The largest absolute Gasteiger partial charge is 0.378 e. The summed E-state index contributed by atoms with van der Waals surface area (Å²) in [5.74, 6) is 0.779. The Kier molecular flexibility index (Phi) is 6.03. The minimum absolute atomic E-state index is 0.544. The van der Waals surface area contributed by atoms with Crippen LogP contribution in [0.2, 0.25) is 0 Å². The molecule has 0 amide bonds. The summed E-state index contributed by atoms with van der Waals surface area (Å²) in [5.41, 5.74) is 3.95. The number of aryl methyl sites for hydroxylation is 1. The van der Waals surface area contributed by atoms with Crippen LogP contribution >= 0.6 is 11.8 Å². The first-order chi connectivity index (χ1) is 14.2. The van der Waals surface area contributed by atoms with Crippen LogP contribution in [-0.2, 0) is 11.2 Å². The molecule has 3 heterocycles. The minimum Gasteiger partial charge on any atom is -0.378 e. The fourth-order valence-electron chi connectivity index (χ4n) is 3.13. The van der Waals surface area contributed by atoms with Crippen LogP contribution in [-0.4, -0.2) is 41.3 Å². The predicted octanol–water partition coefficient (Wildman–Crippen LogP) is 3.63. The van der Waals surface area contributed by atoms with Gasteiger partial charge in [0.25, 0.3) is 0 Å². The number of ether oxygens (including phenoxy) is 1. The summed E-state index contributed by atoms with van der Waals surface area (Å²) >= 11 is 1.51. The average molecular weight is 404 g/mol. The number of anilines is 1. The third-order valence-electron chi connectivity index (χ3n) is 4.71. The lowest BCUT2D eigenvalue weighted by Crippen LogP contribution is -2.36. The first kappa shape index (κ1) is 19.4. The van der Waals surface area contributed by atoms with E-state index in [-0.39, 0.29) is 0 Å². The van der Waals surface area contributed by atoms with Crippen molar-refractivity contribution in [3.63, 3.8) is 0 Å². The van der Waals surface area contributed by atoms with E-state index in [1.807, 2.05) is 19.2 Å². The summed E-state index contributed by atoms with van der Waals surface area (Å²) < 4.78 is 5.42. The molecule has 0 bridgehead atoms. The van der Waals surface area contributed by atoms with E-state index in [1.165, 1.54) is 23.0 Å². The molecule has 1 aromatic carbocycles. The molecule has 2 aromatic heterocycles. The second kappa shape index (κ2) is 9.03. The smallest absolute Gasteiger partial charge is 0.133 e. The summed E-state index contributed by atoms with van der Waals surface area (Å²) in [6.45, 7) is 5.43. The van der Waals surface area contributed by atoms with Crippen LogP contribution in [0.1, 0.15) is 22.5 Å². The Balaban J connectivity index is 1.47. The molecule has 6 nitrogen and oxygen atoms in total. The molecule has 1 saturated heterocycles. The molecule has 146 valence electrons. The van der Waals surface area contributed by atoms with E-state index in [9.17, 15) is 0 Å². The predicted molar refractivity (Wildman–Crippen MR) is 112 cm³/mol. The molecule has 0 saturated carbocycles. The van der Waals surface area contributed by atoms with Crippen LogP contribution in [0, 0.1) is 18.3 Å². The zero-order chi connectivity index (χ0) is 20.1.